The van der Waals surface area contributed by atoms with Gasteiger partial charge in [-0.3, -0.25) is 0 Å². The van der Waals surface area contributed by atoms with Crippen LogP contribution in [0.3, 0.4) is 0 Å². The van der Waals surface area contributed by atoms with Crippen LogP contribution >= 0.6 is 11.5 Å². The number of fused-ring (bicyclic) bond motifs is 1. The lowest BCUT2D eigenvalue weighted by Crippen LogP contribution is -2.24. The Hall–Kier alpha value is -1.42. The molecule has 0 spiro atoms. The van der Waals surface area contributed by atoms with Crippen LogP contribution < -0.4 is 5.32 Å². The van der Waals surface area contributed by atoms with Crippen molar-refractivity contribution in [3.05, 3.63) is 41.2 Å². The molecule has 4 heteroatoms. The Morgan fingerprint density at radius 2 is 2.22 bits per heavy atom. The molecular formula is C14H17N3S. The van der Waals surface area contributed by atoms with Crippen LogP contribution in [0, 0.1) is 0 Å². The molecule has 0 amide bonds. The van der Waals surface area contributed by atoms with E-state index in [1.54, 1.807) is 0 Å². The molecule has 1 atom stereocenters. The van der Waals surface area contributed by atoms with Gasteiger partial charge in [0.15, 0.2) is 0 Å². The molecule has 1 unspecified atom stereocenters. The van der Waals surface area contributed by atoms with E-state index in [2.05, 4.69) is 52.8 Å². The average Bonchev–Trinajstić information content (AvgIpc) is 2.79. The quantitative estimate of drug-likeness (QED) is 0.914. The Labute approximate surface area is 111 Å². The van der Waals surface area contributed by atoms with Gasteiger partial charge in [-0.1, -0.05) is 38.1 Å². The molecule has 0 aliphatic heterocycles. The van der Waals surface area contributed by atoms with E-state index in [-0.39, 0.29) is 0 Å². The second kappa shape index (κ2) is 4.69. The Morgan fingerprint density at radius 1 is 1.39 bits per heavy atom. The van der Waals surface area contributed by atoms with E-state index >= 15 is 0 Å². The summed E-state index contributed by atoms with van der Waals surface area (Å²) >= 11 is 1.46. The molecule has 0 fully saturated rings. The summed E-state index contributed by atoms with van der Waals surface area (Å²) in [4.78, 5) is 4.49. The number of benzene rings is 1. The van der Waals surface area contributed by atoms with Gasteiger partial charge in [0.05, 0.1) is 0 Å². The lowest BCUT2D eigenvalue weighted by molar-refractivity contribution is 0.635. The summed E-state index contributed by atoms with van der Waals surface area (Å²) in [6, 6.07) is 8.67. The Kier molecular flexibility index (Phi) is 3.04. The maximum atomic E-state index is 4.49. The number of nitrogens with one attached hydrogen (secondary N) is 1. The number of hydrogen-bond donors (Lipinski definition) is 1. The second-order valence-corrected chi connectivity index (χ2v) is 5.85. The van der Waals surface area contributed by atoms with Gasteiger partial charge in [0, 0.05) is 29.9 Å². The summed E-state index contributed by atoms with van der Waals surface area (Å²) in [6.45, 7) is 5.20. The highest BCUT2D eigenvalue weighted by Crippen LogP contribution is 2.34. The van der Waals surface area contributed by atoms with Crippen molar-refractivity contribution >= 4 is 16.7 Å². The van der Waals surface area contributed by atoms with Gasteiger partial charge in [0.25, 0.3) is 0 Å². The fraction of sp³-hybridized carbons (Fsp3) is 0.429. The van der Waals surface area contributed by atoms with Gasteiger partial charge < -0.3 is 5.32 Å². The molecule has 94 valence electrons. The van der Waals surface area contributed by atoms with Crippen LogP contribution in [0.25, 0.3) is 0 Å². The minimum absolute atomic E-state index is 0.404. The summed E-state index contributed by atoms with van der Waals surface area (Å²) in [7, 11) is 0. The SMILES string of the molecule is CC(C)c1nsc(NCC2Cc3ccccc32)n1. The molecule has 0 bridgehead atoms. The third-order valence-electron chi connectivity index (χ3n) is 3.42. The van der Waals surface area contributed by atoms with Crippen molar-refractivity contribution in [1.82, 2.24) is 9.36 Å². The van der Waals surface area contributed by atoms with E-state index in [4.69, 9.17) is 0 Å². The van der Waals surface area contributed by atoms with Crippen molar-refractivity contribution in [2.45, 2.75) is 32.1 Å². The summed E-state index contributed by atoms with van der Waals surface area (Å²) in [5.74, 6) is 1.98. The fourth-order valence-corrected chi connectivity index (χ4v) is 3.01. The van der Waals surface area contributed by atoms with Gasteiger partial charge in [0.2, 0.25) is 5.13 Å². The van der Waals surface area contributed by atoms with Crippen LogP contribution in [0.4, 0.5) is 5.13 Å². The summed E-state index contributed by atoms with van der Waals surface area (Å²) in [6.07, 6.45) is 1.18. The standard InChI is InChI=1S/C14H17N3S/c1-9(2)13-16-14(18-17-13)15-8-11-7-10-5-3-4-6-12(10)11/h3-6,9,11H,7-8H2,1-2H3,(H,15,16,17). The normalized spacial score (nSPS) is 17.4. The van der Waals surface area contributed by atoms with Gasteiger partial charge in [-0.15, -0.1) is 0 Å². The van der Waals surface area contributed by atoms with Gasteiger partial charge in [0.1, 0.15) is 5.82 Å². The monoisotopic (exact) mass is 259 g/mol. The number of hydrogen-bond acceptors (Lipinski definition) is 4. The first kappa shape index (κ1) is 11.7. The van der Waals surface area contributed by atoms with Crippen LogP contribution in [0.5, 0.6) is 0 Å². The van der Waals surface area contributed by atoms with E-state index in [0.29, 0.717) is 11.8 Å². The molecule has 0 saturated heterocycles. The molecule has 0 saturated carbocycles. The highest BCUT2D eigenvalue weighted by atomic mass is 32.1. The molecular weight excluding hydrogens is 242 g/mol. The molecule has 1 aliphatic rings. The smallest absolute Gasteiger partial charge is 0.202 e. The van der Waals surface area contributed by atoms with Crippen LogP contribution in [0.1, 0.15) is 42.6 Å². The zero-order valence-electron chi connectivity index (χ0n) is 10.7. The van der Waals surface area contributed by atoms with Gasteiger partial charge in [-0.05, 0) is 17.5 Å². The van der Waals surface area contributed by atoms with Crippen molar-refractivity contribution in [1.29, 1.82) is 0 Å². The number of nitrogens with zero attached hydrogens (tertiary/aromatic N) is 2. The van der Waals surface area contributed by atoms with E-state index < -0.39 is 0 Å². The number of aromatic nitrogens is 2. The minimum Gasteiger partial charge on any atom is -0.360 e. The maximum Gasteiger partial charge on any atom is 0.202 e. The zero-order valence-corrected chi connectivity index (χ0v) is 11.5. The largest absolute Gasteiger partial charge is 0.360 e. The topological polar surface area (TPSA) is 37.8 Å². The third-order valence-corrected chi connectivity index (χ3v) is 4.11. The maximum absolute atomic E-state index is 4.49. The van der Waals surface area contributed by atoms with Gasteiger partial charge in [-0.2, -0.15) is 4.37 Å². The first-order valence-corrected chi connectivity index (χ1v) is 7.16. The Bertz CT molecular complexity index is 547. The third kappa shape index (κ3) is 2.12. The van der Waals surface area contributed by atoms with Crippen molar-refractivity contribution in [3.63, 3.8) is 0 Å². The first-order chi connectivity index (χ1) is 8.74. The molecule has 0 radical (unpaired) electrons. The molecule has 1 N–H and O–H groups in total. The van der Waals surface area contributed by atoms with Crippen LogP contribution in [-0.4, -0.2) is 15.9 Å². The van der Waals surface area contributed by atoms with Crippen molar-refractivity contribution in [2.75, 3.05) is 11.9 Å². The Morgan fingerprint density at radius 3 is 2.94 bits per heavy atom. The molecule has 3 rings (SSSR count). The first-order valence-electron chi connectivity index (χ1n) is 6.39. The van der Waals surface area contributed by atoms with Crippen molar-refractivity contribution < 1.29 is 0 Å². The van der Waals surface area contributed by atoms with Crippen LogP contribution in [0.2, 0.25) is 0 Å². The molecule has 3 nitrogen and oxygen atoms in total. The lowest BCUT2D eigenvalue weighted by Gasteiger charge is -2.29. The van der Waals surface area contributed by atoms with E-state index in [9.17, 15) is 0 Å². The molecule has 1 heterocycles. The molecule has 2 aromatic rings. The lowest BCUT2D eigenvalue weighted by atomic mass is 9.78. The summed E-state index contributed by atoms with van der Waals surface area (Å²) < 4.78 is 4.35. The summed E-state index contributed by atoms with van der Waals surface area (Å²) in [5.41, 5.74) is 2.98. The van der Waals surface area contributed by atoms with Crippen LogP contribution in [-0.2, 0) is 6.42 Å². The average molecular weight is 259 g/mol. The zero-order chi connectivity index (χ0) is 12.5. The van der Waals surface area contributed by atoms with E-state index in [0.717, 1.165) is 17.5 Å². The van der Waals surface area contributed by atoms with E-state index in [1.165, 1.54) is 29.1 Å². The van der Waals surface area contributed by atoms with E-state index in [1.807, 2.05) is 0 Å². The minimum atomic E-state index is 0.404. The Balaban J connectivity index is 1.60. The fourth-order valence-electron chi connectivity index (χ4n) is 2.30. The van der Waals surface area contributed by atoms with Crippen LogP contribution in [0.15, 0.2) is 24.3 Å². The van der Waals surface area contributed by atoms with Gasteiger partial charge >= 0.3 is 0 Å². The van der Waals surface area contributed by atoms with Gasteiger partial charge in [-0.25, -0.2) is 4.98 Å². The predicted molar refractivity (Wildman–Crippen MR) is 75.4 cm³/mol. The molecule has 1 aliphatic carbocycles. The van der Waals surface area contributed by atoms with Crippen molar-refractivity contribution in [2.24, 2.45) is 0 Å². The second-order valence-electron chi connectivity index (χ2n) is 5.09. The summed E-state index contributed by atoms with van der Waals surface area (Å²) in [5, 5.41) is 4.35. The predicted octanol–water partition coefficient (Wildman–Crippen LogP) is 3.41. The molecule has 18 heavy (non-hydrogen) atoms. The highest BCUT2D eigenvalue weighted by molar-refractivity contribution is 7.09. The molecule has 1 aromatic heterocycles. The van der Waals surface area contributed by atoms with Crippen molar-refractivity contribution in [3.8, 4) is 0 Å². The highest BCUT2D eigenvalue weighted by Gasteiger charge is 2.25. The molecule has 1 aromatic carbocycles. The number of anilines is 1. The number of rotatable bonds is 4.